The summed E-state index contributed by atoms with van der Waals surface area (Å²) in [6, 6.07) is 2.68. The van der Waals surface area contributed by atoms with E-state index in [9.17, 15) is 13.6 Å². The lowest BCUT2D eigenvalue weighted by molar-refractivity contribution is -0.119. The molecule has 3 nitrogen and oxygen atoms in total. The molecule has 0 saturated heterocycles. The third kappa shape index (κ3) is 3.68. The number of carbonyl (C=O) groups excluding carboxylic acids is 1. The van der Waals surface area contributed by atoms with E-state index in [-0.39, 0.29) is 5.91 Å². The second-order valence-electron chi connectivity index (χ2n) is 3.88. The van der Waals surface area contributed by atoms with Gasteiger partial charge in [0.1, 0.15) is 0 Å². The second-order valence-corrected chi connectivity index (χ2v) is 4.87. The van der Waals surface area contributed by atoms with Crippen molar-refractivity contribution in [2.75, 3.05) is 24.0 Å². The van der Waals surface area contributed by atoms with Crippen LogP contribution in [0.4, 0.5) is 14.5 Å². The van der Waals surface area contributed by atoms with E-state index in [1.807, 2.05) is 6.26 Å². The predicted octanol–water partition coefficient (Wildman–Crippen LogP) is 2.01. The van der Waals surface area contributed by atoms with Crippen LogP contribution in [-0.4, -0.2) is 31.0 Å². The number of benzene rings is 1. The number of likely N-dealkylation sites (N-methyl/N-ethyl adjacent to an activating group) is 1. The van der Waals surface area contributed by atoms with Crippen molar-refractivity contribution in [2.24, 2.45) is 5.73 Å². The Hall–Kier alpha value is -1.14. The summed E-state index contributed by atoms with van der Waals surface area (Å²) in [5.41, 5.74) is 6.03. The van der Waals surface area contributed by atoms with Gasteiger partial charge in [-0.25, -0.2) is 8.78 Å². The molecule has 0 saturated carbocycles. The van der Waals surface area contributed by atoms with E-state index in [0.717, 1.165) is 17.9 Å². The summed E-state index contributed by atoms with van der Waals surface area (Å²) < 4.78 is 25.8. The first-order valence-corrected chi connectivity index (χ1v) is 6.84. The number of rotatable bonds is 5. The Balaban J connectivity index is 2.76. The molecular weight excluding hydrogens is 258 g/mol. The van der Waals surface area contributed by atoms with Gasteiger partial charge in [0.25, 0.3) is 0 Å². The molecule has 6 heteroatoms. The number of hydrogen-bond donors (Lipinski definition) is 1. The van der Waals surface area contributed by atoms with Crippen LogP contribution in [0.15, 0.2) is 18.2 Å². The van der Waals surface area contributed by atoms with Crippen LogP contribution in [0.1, 0.15) is 6.42 Å². The van der Waals surface area contributed by atoms with Crippen LogP contribution in [0.25, 0.3) is 0 Å². The smallest absolute Gasteiger partial charge is 0.243 e. The number of anilines is 1. The molecule has 0 aliphatic heterocycles. The fourth-order valence-electron chi connectivity index (χ4n) is 1.44. The Morgan fingerprint density at radius 1 is 1.44 bits per heavy atom. The standard InChI is InChI=1S/C12H16F2N2OS/c1-16(12(17)11(15)5-6-18-2)8-3-4-9(13)10(14)7-8/h3-4,7,11H,5-6,15H2,1-2H3/t11-/m0/s1. The largest absolute Gasteiger partial charge is 0.320 e. The summed E-state index contributed by atoms with van der Waals surface area (Å²) >= 11 is 1.60. The van der Waals surface area contributed by atoms with Gasteiger partial charge in [0.05, 0.1) is 6.04 Å². The number of hydrogen-bond acceptors (Lipinski definition) is 3. The normalized spacial score (nSPS) is 12.3. The van der Waals surface area contributed by atoms with Crippen molar-refractivity contribution in [3.05, 3.63) is 29.8 Å². The third-order valence-corrected chi connectivity index (χ3v) is 3.22. The molecule has 0 aliphatic rings. The molecule has 1 aromatic rings. The molecule has 1 rings (SSSR count). The second kappa shape index (κ2) is 6.70. The van der Waals surface area contributed by atoms with Crippen LogP contribution in [0.2, 0.25) is 0 Å². The number of thioether (sulfide) groups is 1. The lowest BCUT2D eigenvalue weighted by Gasteiger charge is -2.21. The average molecular weight is 274 g/mol. The van der Waals surface area contributed by atoms with Crippen LogP contribution in [0.3, 0.4) is 0 Å². The van der Waals surface area contributed by atoms with Gasteiger partial charge in [-0.05, 0) is 30.6 Å². The Bertz CT molecular complexity index is 429. The minimum Gasteiger partial charge on any atom is -0.320 e. The topological polar surface area (TPSA) is 46.3 Å². The summed E-state index contributed by atoms with van der Waals surface area (Å²) in [5.74, 6) is -1.45. The molecule has 0 heterocycles. The van der Waals surface area contributed by atoms with Crippen molar-refractivity contribution in [3.8, 4) is 0 Å². The monoisotopic (exact) mass is 274 g/mol. The Labute approximate surface area is 109 Å². The van der Waals surface area contributed by atoms with Crippen molar-refractivity contribution in [3.63, 3.8) is 0 Å². The molecule has 0 aromatic heterocycles. The minimum atomic E-state index is -0.982. The maximum Gasteiger partial charge on any atom is 0.243 e. The SMILES string of the molecule is CSCC[C@H](N)C(=O)N(C)c1ccc(F)c(F)c1. The lowest BCUT2D eigenvalue weighted by Crippen LogP contribution is -2.42. The van der Waals surface area contributed by atoms with Gasteiger partial charge in [-0.2, -0.15) is 11.8 Å². The summed E-state index contributed by atoms with van der Waals surface area (Å²) in [5, 5.41) is 0. The highest BCUT2D eigenvalue weighted by atomic mass is 32.2. The highest BCUT2D eigenvalue weighted by molar-refractivity contribution is 7.98. The van der Waals surface area contributed by atoms with Crippen LogP contribution < -0.4 is 10.6 Å². The molecule has 0 fully saturated rings. The quantitative estimate of drug-likeness (QED) is 0.893. The van der Waals surface area contributed by atoms with Crippen LogP contribution >= 0.6 is 11.8 Å². The predicted molar refractivity (Wildman–Crippen MR) is 70.7 cm³/mol. The van der Waals surface area contributed by atoms with Gasteiger partial charge in [-0.1, -0.05) is 0 Å². The maximum absolute atomic E-state index is 13.1. The average Bonchev–Trinajstić information content (AvgIpc) is 2.37. The van der Waals surface area contributed by atoms with E-state index in [2.05, 4.69) is 0 Å². The fourth-order valence-corrected chi connectivity index (χ4v) is 1.93. The van der Waals surface area contributed by atoms with Crippen LogP contribution in [0.5, 0.6) is 0 Å². The van der Waals surface area contributed by atoms with Crippen LogP contribution in [-0.2, 0) is 4.79 Å². The third-order valence-electron chi connectivity index (χ3n) is 2.57. The molecule has 0 aliphatic carbocycles. The number of nitrogens with zero attached hydrogens (tertiary/aromatic N) is 1. The van der Waals surface area contributed by atoms with E-state index >= 15 is 0 Å². The van der Waals surface area contributed by atoms with Crippen molar-refractivity contribution in [1.82, 2.24) is 0 Å². The number of amides is 1. The molecule has 0 bridgehead atoms. The molecule has 0 spiro atoms. The summed E-state index contributed by atoms with van der Waals surface area (Å²) in [7, 11) is 1.49. The highest BCUT2D eigenvalue weighted by Gasteiger charge is 2.19. The first-order chi connectivity index (χ1) is 8.47. The van der Waals surface area contributed by atoms with Crippen molar-refractivity contribution in [1.29, 1.82) is 0 Å². The van der Waals surface area contributed by atoms with Gasteiger partial charge >= 0.3 is 0 Å². The molecule has 100 valence electrons. The molecule has 0 unspecified atom stereocenters. The Kier molecular flexibility index (Phi) is 5.55. The molecule has 2 N–H and O–H groups in total. The first kappa shape index (κ1) is 14.9. The zero-order valence-corrected chi connectivity index (χ0v) is 11.1. The van der Waals surface area contributed by atoms with Gasteiger partial charge in [0.15, 0.2) is 11.6 Å². The maximum atomic E-state index is 13.1. The minimum absolute atomic E-state index is 0.290. The highest BCUT2D eigenvalue weighted by Crippen LogP contribution is 2.17. The van der Waals surface area contributed by atoms with E-state index < -0.39 is 17.7 Å². The van der Waals surface area contributed by atoms with Crippen molar-refractivity contribution < 1.29 is 13.6 Å². The van der Waals surface area contributed by atoms with Gasteiger partial charge in [0, 0.05) is 18.8 Å². The molecule has 18 heavy (non-hydrogen) atoms. The van der Waals surface area contributed by atoms with Crippen molar-refractivity contribution >= 4 is 23.4 Å². The van der Waals surface area contributed by atoms with E-state index in [4.69, 9.17) is 5.73 Å². The van der Waals surface area contributed by atoms with Gasteiger partial charge < -0.3 is 10.6 Å². The van der Waals surface area contributed by atoms with Gasteiger partial charge in [-0.15, -0.1) is 0 Å². The van der Waals surface area contributed by atoms with Gasteiger partial charge in [0.2, 0.25) is 5.91 Å². The number of halogens is 2. The zero-order valence-electron chi connectivity index (χ0n) is 10.3. The van der Waals surface area contributed by atoms with E-state index in [0.29, 0.717) is 12.1 Å². The molecule has 1 amide bonds. The van der Waals surface area contributed by atoms with E-state index in [1.54, 1.807) is 11.8 Å². The zero-order chi connectivity index (χ0) is 13.7. The van der Waals surface area contributed by atoms with Crippen molar-refractivity contribution in [2.45, 2.75) is 12.5 Å². The summed E-state index contributed by atoms with van der Waals surface area (Å²) in [6.07, 6.45) is 2.48. The van der Waals surface area contributed by atoms with Crippen LogP contribution in [0, 0.1) is 11.6 Å². The Morgan fingerprint density at radius 2 is 2.11 bits per heavy atom. The molecular formula is C12H16F2N2OS. The van der Waals surface area contributed by atoms with Gasteiger partial charge in [-0.3, -0.25) is 4.79 Å². The van der Waals surface area contributed by atoms with E-state index in [1.165, 1.54) is 18.0 Å². The first-order valence-electron chi connectivity index (χ1n) is 5.44. The molecule has 0 radical (unpaired) electrons. The molecule has 1 aromatic carbocycles. The lowest BCUT2D eigenvalue weighted by atomic mass is 10.2. The Morgan fingerprint density at radius 3 is 2.67 bits per heavy atom. The number of carbonyl (C=O) groups is 1. The summed E-state index contributed by atoms with van der Waals surface area (Å²) in [6.45, 7) is 0. The molecule has 1 atom stereocenters. The number of nitrogens with two attached hydrogens (primary N) is 1. The summed E-state index contributed by atoms with van der Waals surface area (Å²) in [4.78, 5) is 13.2. The fraction of sp³-hybridized carbons (Fsp3) is 0.417.